The lowest BCUT2D eigenvalue weighted by atomic mass is 10.9. The van der Waals surface area contributed by atoms with Crippen molar-refractivity contribution in [2.45, 2.75) is 0 Å². The second kappa shape index (κ2) is 2.98. The first kappa shape index (κ1) is 6.90. The van der Waals surface area contributed by atoms with Gasteiger partial charge in [-0.15, -0.1) is 5.10 Å². The molecule has 0 aromatic carbocycles. The van der Waals surface area contributed by atoms with Gasteiger partial charge in [-0.25, -0.2) is 5.84 Å². The van der Waals surface area contributed by atoms with E-state index in [1.807, 2.05) is 0 Å². The topological polar surface area (TPSA) is 80.0 Å². The van der Waals surface area contributed by atoms with E-state index in [9.17, 15) is 0 Å². The van der Waals surface area contributed by atoms with Crippen molar-refractivity contribution in [3.63, 3.8) is 0 Å². The molecule has 0 bridgehead atoms. The van der Waals surface area contributed by atoms with E-state index in [-0.39, 0.29) is 5.96 Å². The highest BCUT2D eigenvalue weighted by atomic mass is 15.5. The third-order valence-electron chi connectivity index (χ3n) is 0.535. The zero-order valence-corrected chi connectivity index (χ0v) is 4.70. The summed E-state index contributed by atoms with van der Waals surface area (Å²) in [5, 5.41) is 7.63. The first-order valence-corrected chi connectivity index (χ1v) is 1.96. The van der Waals surface area contributed by atoms with Crippen molar-refractivity contribution >= 4 is 12.7 Å². The van der Waals surface area contributed by atoms with Crippen LogP contribution in [0.15, 0.2) is 10.2 Å². The van der Waals surface area contributed by atoms with E-state index in [0.717, 1.165) is 5.01 Å². The molecule has 0 aromatic rings. The maximum atomic E-state index is 5.14. The predicted molar refractivity (Wildman–Crippen MR) is 33.1 cm³/mol. The third-order valence-corrected chi connectivity index (χ3v) is 0.535. The summed E-state index contributed by atoms with van der Waals surface area (Å²) in [6.07, 6.45) is 0. The smallest absolute Gasteiger partial charge is 0.230 e. The van der Waals surface area contributed by atoms with Crippen LogP contribution in [0.3, 0.4) is 0 Å². The van der Waals surface area contributed by atoms with Crippen molar-refractivity contribution in [1.29, 1.82) is 0 Å². The third kappa shape index (κ3) is 2.14. The van der Waals surface area contributed by atoms with Crippen LogP contribution in [-0.4, -0.2) is 24.7 Å². The second-order valence-corrected chi connectivity index (χ2v) is 1.21. The Morgan fingerprint density at radius 1 is 1.75 bits per heavy atom. The van der Waals surface area contributed by atoms with Crippen LogP contribution in [0.1, 0.15) is 0 Å². The molecule has 0 atom stereocenters. The van der Waals surface area contributed by atoms with Gasteiger partial charge in [0.25, 0.3) is 0 Å². The molecule has 0 aliphatic carbocycles. The van der Waals surface area contributed by atoms with Crippen LogP contribution in [0, 0.1) is 0 Å². The molecule has 0 saturated carbocycles. The van der Waals surface area contributed by atoms with E-state index in [4.69, 9.17) is 11.6 Å². The van der Waals surface area contributed by atoms with Gasteiger partial charge in [0, 0.05) is 13.8 Å². The number of rotatable bonds is 1. The van der Waals surface area contributed by atoms with Crippen molar-refractivity contribution < 1.29 is 0 Å². The lowest BCUT2D eigenvalue weighted by molar-refractivity contribution is 0.530. The Bertz CT molecular complexity index is 104. The van der Waals surface area contributed by atoms with Gasteiger partial charge in [0.2, 0.25) is 5.96 Å². The number of guanidine groups is 1. The minimum Gasteiger partial charge on any atom is -0.367 e. The number of hydrazine groups is 1. The molecule has 0 spiro atoms. The average Bonchev–Trinajstić information content (AvgIpc) is 1.67. The van der Waals surface area contributed by atoms with Crippen molar-refractivity contribution in [2.75, 3.05) is 7.05 Å². The molecule has 8 heavy (non-hydrogen) atoms. The Labute approximate surface area is 47.6 Å². The largest absolute Gasteiger partial charge is 0.367 e. The van der Waals surface area contributed by atoms with Gasteiger partial charge in [0.1, 0.15) is 0 Å². The van der Waals surface area contributed by atoms with Crippen molar-refractivity contribution in [3.05, 3.63) is 0 Å². The molecule has 5 heteroatoms. The van der Waals surface area contributed by atoms with E-state index in [2.05, 4.69) is 16.9 Å². The summed E-state index contributed by atoms with van der Waals surface area (Å²) < 4.78 is 0. The minimum absolute atomic E-state index is 0.139. The van der Waals surface area contributed by atoms with Crippen LogP contribution >= 0.6 is 0 Å². The molecule has 46 valence electrons. The van der Waals surface area contributed by atoms with Crippen LogP contribution in [0.25, 0.3) is 0 Å². The lowest BCUT2D eigenvalue weighted by Gasteiger charge is -2.06. The first-order chi connectivity index (χ1) is 3.68. The fraction of sp³-hybridized carbons (Fsp3) is 0.333. The lowest BCUT2D eigenvalue weighted by Crippen LogP contribution is -2.38. The number of nitrogens with zero attached hydrogens (tertiary/aromatic N) is 3. The molecule has 0 amide bonds. The van der Waals surface area contributed by atoms with E-state index in [1.165, 1.54) is 0 Å². The van der Waals surface area contributed by atoms with Gasteiger partial charge in [-0.3, -0.25) is 5.01 Å². The van der Waals surface area contributed by atoms with Crippen LogP contribution in [-0.2, 0) is 0 Å². The Balaban J connectivity index is 3.78. The monoisotopic (exact) mass is 115 g/mol. The Kier molecular flexibility index (Phi) is 2.57. The number of hydrogen-bond donors (Lipinski definition) is 2. The molecule has 4 N–H and O–H groups in total. The fourth-order valence-corrected chi connectivity index (χ4v) is 0.143. The van der Waals surface area contributed by atoms with Gasteiger partial charge in [0.05, 0.1) is 0 Å². The molecule has 0 aromatic heterocycles. The molecule has 0 rings (SSSR count). The van der Waals surface area contributed by atoms with E-state index < -0.39 is 0 Å². The Morgan fingerprint density at radius 3 is 2.38 bits per heavy atom. The van der Waals surface area contributed by atoms with Crippen molar-refractivity contribution in [1.82, 2.24) is 5.01 Å². The zero-order chi connectivity index (χ0) is 6.57. The number of nitrogens with two attached hydrogens (primary N) is 2. The molecular weight excluding hydrogens is 106 g/mol. The van der Waals surface area contributed by atoms with Gasteiger partial charge < -0.3 is 5.73 Å². The first-order valence-electron chi connectivity index (χ1n) is 1.96. The Morgan fingerprint density at radius 2 is 2.25 bits per heavy atom. The summed E-state index contributed by atoms with van der Waals surface area (Å²) in [7, 11) is 1.56. The van der Waals surface area contributed by atoms with E-state index >= 15 is 0 Å². The molecule has 0 radical (unpaired) electrons. The van der Waals surface area contributed by atoms with Crippen molar-refractivity contribution in [2.24, 2.45) is 21.8 Å². The van der Waals surface area contributed by atoms with Crippen LogP contribution in [0.5, 0.6) is 0 Å². The highest BCUT2D eigenvalue weighted by molar-refractivity contribution is 5.77. The summed E-state index contributed by atoms with van der Waals surface area (Å²) in [5.41, 5.74) is 5.14. The van der Waals surface area contributed by atoms with Gasteiger partial charge in [-0.1, -0.05) is 0 Å². The molecule has 5 nitrogen and oxygen atoms in total. The van der Waals surface area contributed by atoms with E-state index in [1.54, 1.807) is 7.05 Å². The summed E-state index contributed by atoms with van der Waals surface area (Å²) >= 11 is 0. The zero-order valence-electron chi connectivity index (χ0n) is 4.70. The molecule has 0 saturated heterocycles. The van der Waals surface area contributed by atoms with Crippen LogP contribution in [0.2, 0.25) is 0 Å². The second-order valence-electron chi connectivity index (χ2n) is 1.21. The van der Waals surface area contributed by atoms with Gasteiger partial charge in [-0.2, -0.15) is 5.10 Å². The molecule has 0 heterocycles. The summed E-state index contributed by atoms with van der Waals surface area (Å²) in [4.78, 5) is 0. The van der Waals surface area contributed by atoms with Crippen LogP contribution < -0.4 is 11.6 Å². The van der Waals surface area contributed by atoms with Crippen LogP contribution in [0.4, 0.5) is 0 Å². The highest BCUT2D eigenvalue weighted by Gasteiger charge is 1.89. The molecule has 0 fully saturated rings. The SMILES string of the molecule is C=N/N=C(/N)N(C)N. The fourth-order valence-electron chi connectivity index (χ4n) is 0.143. The molecule has 0 aliphatic rings. The molecule has 0 unspecified atom stereocenters. The highest BCUT2D eigenvalue weighted by Crippen LogP contribution is 1.70. The average molecular weight is 115 g/mol. The van der Waals surface area contributed by atoms with Crippen molar-refractivity contribution in [3.8, 4) is 0 Å². The normalized spacial score (nSPS) is 11.0. The summed E-state index contributed by atoms with van der Waals surface area (Å²) in [6, 6.07) is 0. The van der Waals surface area contributed by atoms with Gasteiger partial charge in [-0.05, 0) is 0 Å². The summed E-state index contributed by atoms with van der Waals surface area (Å²) in [6.45, 7) is 3.08. The maximum Gasteiger partial charge on any atom is 0.230 e. The van der Waals surface area contributed by atoms with Gasteiger partial charge in [0.15, 0.2) is 0 Å². The predicted octanol–water partition coefficient (Wildman–Crippen LogP) is -1.28. The standard InChI is InChI=1S/C3H9N5/c1-6-7-3(4)8(2)5/h1,5H2,2H3,(H2,4,7). The minimum atomic E-state index is 0.139. The molecule has 0 aliphatic heterocycles. The summed E-state index contributed by atoms with van der Waals surface area (Å²) in [5.74, 6) is 5.25. The quantitative estimate of drug-likeness (QED) is 0.193. The number of hydrogen-bond acceptors (Lipinski definition) is 3. The Hall–Kier alpha value is -1.10. The van der Waals surface area contributed by atoms with Gasteiger partial charge >= 0.3 is 0 Å². The molecular formula is C3H9N5. The maximum absolute atomic E-state index is 5.14. The van der Waals surface area contributed by atoms with E-state index in [0.29, 0.717) is 0 Å².